The minimum Gasteiger partial charge on any atom is -0.353 e. The minimum atomic E-state index is -0.405. The van der Waals surface area contributed by atoms with Gasteiger partial charge in [-0.15, -0.1) is 15.0 Å². The van der Waals surface area contributed by atoms with Crippen molar-refractivity contribution < 1.29 is 4.39 Å². The summed E-state index contributed by atoms with van der Waals surface area (Å²) in [6.45, 7) is 1.73. The van der Waals surface area contributed by atoms with Crippen molar-refractivity contribution in [2.45, 2.75) is 19.3 Å². The molecule has 5 nitrogen and oxygen atoms in total. The Hall–Kier alpha value is -2.42. The number of aromatic nitrogens is 3. The second-order valence-corrected chi connectivity index (χ2v) is 4.77. The van der Waals surface area contributed by atoms with Gasteiger partial charge in [0.05, 0.1) is 0 Å². The summed E-state index contributed by atoms with van der Waals surface area (Å²) < 4.78 is 13.8. The Kier molecular flexibility index (Phi) is 3.33. The molecule has 102 valence electrons. The number of rotatable bonds is 2. The third kappa shape index (κ3) is 2.23. The van der Waals surface area contributed by atoms with Crippen LogP contribution in [0.4, 0.5) is 10.2 Å². The van der Waals surface area contributed by atoms with E-state index in [1.165, 1.54) is 17.3 Å². The summed E-state index contributed by atoms with van der Waals surface area (Å²) in [7, 11) is 0. The van der Waals surface area contributed by atoms with Crippen LogP contribution >= 0.6 is 0 Å². The molecule has 0 atom stereocenters. The Balaban J connectivity index is 2.01. The molecule has 0 N–H and O–H groups in total. The van der Waals surface area contributed by atoms with Crippen molar-refractivity contribution >= 4 is 5.82 Å². The van der Waals surface area contributed by atoms with Gasteiger partial charge in [-0.25, -0.2) is 4.39 Å². The molecule has 0 spiro atoms. The van der Waals surface area contributed by atoms with Gasteiger partial charge in [-0.1, -0.05) is 12.1 Å². The first kappa shape index (κ1) is 12.6. The van der Waals surface area contributed by atoms with Crippen LogP contribution in [-0.2, 0) is 0 Å². The van der Waals surface area contributed by atoms with Crippen molar-refractivity contribution in [2.75, 3.05) is 18.0 Å². The van der Waals surface area contributed by atoms with Crippen LogP contribution in [-0.4, -0.2) is 28.1 Å². The maximum Gasteiger partial charge on any atom is 0.207 e. The van der Waals surface area contributed by atoms with Crippen molar-refractivity contribution in [3.8, 4) is 11.8 Å². The summed E-state index contributed by atoms with van der Waals surface area (Å²) in [5.41, 5.74) is 0.502. The summed E-state index contributed by atoms with van der Waals surface area (Å²) >= 11 is 0. The van der Waals surface area contributed by atoms with Crippen molar-refractivity contribution in [2.24, 2.45) is 0 Å². The van der Waals surface area contributed by atoms with Crippen molar-refractivity contribution in [3.63, 3.8) is 0 Å². The molecular formula is C14H14FN5. The van der Waals surface area contributed by atoms with Gasteiger partial charge >= 0.3 is 0 Å². The Bertz CT molecular complexity index is 652. The van der Waals surface area contributed by atoms with Gasteiger partial charge in [0, 0.05) is 13.1 Å². The number of halogens is 1. The molecule has 1 aromatic heterocycles. The average Bonchev–Trinajstić information content (AvgIpc) is 2.92. The van der Waals surface area contributed by atoms with Crippen LogP contribution in [0.3, 0.4) is 0 Å². The summed E-state index contributed by atoms with van der Waals surface area (Å²) in [5, 5.41) is 17.6. The Labute approximate surface area is 116 Å². The maximum atomic E-state index is 13.8. The molecule has 0 radical (unpaired) electrons. The predicted molar refractivity (Wildman–Crippen MR) is 72.1 cm³/mol. The van der Waals surface area contributed by atoms with E-state index in [9.17, 15) is 9.65 Å². The molecule has 0 unspecified atom stereocenters. The Morgan fingerprint density at radius 1 is 1.10 bits per heavy atom. The van der Waals surface area contributed by atoms with Crippen LogP contribution < -0.4 is 4.90 Å². The van der Waals surface area contributed by atoms with E-state index in [0.717, 1.165) is 25.9 Å². The molecule has 1 saturated heterocycles. The fourth-order valence-corrected chi connectivity index (χ4v) is 2.41. The highest BCUT2D eigenvalue weighted by Crippen LogP contribution is 2.22. The molecule has 6 heteroatoms. The number of hydrogen-bond acceptors (Lipinski definition) is 4. The number of nitrogens with zero attached hydrogens (tertiary/aromatic N) is 5. The standard InChI is InChI=1S/C14H14FN5/c15-11-6-2-3-7-13(11)20-17-12(10-16)14(18-20)19-8-4-1-5-9-19/h2-3,6-7H,1,4-5,8-9H2. The normalized spacial score (nSPS) is 15.1. The zero-order valence-corrected chi connectivity index (χ0v) is 11.0. The molecule has 0 aliphatic carbocycles. The van der Waals surface area contributed by atoms with Crippen LogP contribution in [0.15, 0.2) is 24.3 Å². The quantitative estimate of drug-likeness (QED) is 0.840. The first-order chi connectivity index (χ1) is 9.79. The topological polar surface area (TPSA) is 57.7 Å². The van der Waals surface area contributed by atoms with E-state index in [2.05, 4.69) is 10.2 Å². The van der Waals surface area contributed by atoms with E-state index in [1.807, 2.05) is 11.0 Å². The van der Waals surface area contributed by atoms with E-state index >= 15 is 0 Å². The first-order valence-electron chi connectivity index (χ1n) is 6.67. The minimum absolute atomic E-state index is 0.246. The molecule has 1 aromatic carbocycles. The molecule has 2 heterocycles. The number of benzene rings is 1. The van der Waals surface area contributed by atoms with E-state index in [0.29, 0.717) is 5.82 Å². The van der Waals surface area contributed by atoms with Crippen LogP contribution in [0.5, 0.6) is 0 Å². The van der Waals surface area contributed by atoms with Gasteiger partial charge < -0.3 is 4.90 Å². The van der Waals surface area contributed by atoms with Gasteiger partial charge in [0.1, 0.15) is 11.8 Å². The molecule has 3 rings (SSSR count). The summed E-state index contributed by atoms with van der Waals surface area (Å²) in [6.07, 6.45) is 3.36. The first-order valence-corrected chi connectivity index (χ1v) is 6.67. The number of para-hydroxylation sites is 1. The lowest BCUT2D eigenvalue weighted by Gasteiger charge is -2.26. The van der Waals surface area contributed by atoms with E-state index < -0.39 is 5.82 Å². The smallest absolute Gasteiger partial charge is 0.207 e. The summed E-state index contributed by atoms with van der Waals surface area (Å²) in [4.78, 5) is 3.25. The van der Waals surface area contributed by atoms with Gasteiger partial charge in [0.2, 0.25) is 5.69 Å². The van der Waals surface area contributed by atoms with Crippen LogP contribution in [0.2, 0.25) is 0 Å². The molecule has 1 aliphatic rings. The van der Waals surface area contributed by atoms with E-state index in [4.69, 9.17) is 0 Å². The van der Waals surface area contributed by atoms with Crippen LogP contribution in [0.1, 0.15) is 25.0 Å². The van der Waals surface area contributed by atoms with Crippen LogP contribution in [0.25, 0.3) is 5.69 Å². The molecule has 1 aliphatic heterocycles. The van der Waals surface area contributed by atoms with Crippen LogP contribution in [0, 0.1) is 17.1 Å². The van der Waals surface area contributed by atoms with E-state index in [1.54, 1.807) is 18.2 Å². The zero-order chi connectivity index (χ0) is 13.9. The molecule has 2 aromatic rings. The van der Waals surface area contributed by atoms with Gasteiger partial charge in [-0.2, -0.15) is 5.26 Å². The van der Waals surface area contributed by atoms with Gasteiger partial charge in [-0.3, -0.25) is 0 Å². The molecule has 1 fully saturated rings. The average molecular weight is 271 g/mol. The van der Waals surface area contributed by atoms with Gasteiger partial charge in [0.25, 0.3) is 0 Å². The SMILES string of the molecule is N#Cc1nn(-c2ccccc2F)nc1N1CCCCC1. The van der Waals surface area contributed by atoms with Gasteiger partial charge in [0.15, 0.2) is 11.6 Å². The second kappa shape index (κ2) is 5.29. The molecule has 20 heavy (non-hydrogen) atoms. The highest BCUT2D eigenvalue weighted by Gasteiger charge is 2.21. The predicted octanol–water partition coefficient (Wildman–Crippen LogP) is 2.27. The maximum absolute atomic E-state index is 13.8. The summed E-state index contributed by atoms with van der Waals surface area (Å²) in [6, 6.07) is 8.32. The monoisotopic (exact) mass is 271 g/mol. The third-order valence-electron chi connectivity index (χ3n) is 3.43. The Morgan fingerprint density at radius 2 is 1.85 bits per heavy atom. The number of anilines is 1. The van der Waals surface area contributed by atoms with Crippen molar-refractivity contribution in [1.29, 1.82) is 5.26 Å². The van der Waals surface area contributed by atoms with Crippen molar-refractivity contribution in [3.05, 3.63) is 35.8 Å². The second-order valence-electron chi connectivity index (χ2n) is 4.77. The lowest BCUT2D eigenvalue weighted by Crippen LogP contribution is -2.30. The highest BCUT2D eigenvalue weighted by molar-refractivity contribution is 5.50. The molecule has 0 bridgehead atoms. The number of piperidine rings is 1. The molecule has 0 amide bonds. The summed E-state index contributed by atoms with van der Waals surface area (Å²) in [5.74, 6) is 0.146. The third-order valence-corrected chi connectivity index (χ3v) is 3.43. The number of nitriles is 1. The fourth-order valence-electron chi connectivity index (χ4n) is 2.41. The number of hydrogen-bond donors (Lipinski definition) is 0. The highest BCUT2D eigenvalue weighted by atomic mass is 19.1. The molecular weight excluding hydrogens is 257 g/mol. The van der Waals surface area contributed by atoms with Crippen molar-refractivity contribution in [1.82, 2.24) is 15.0 Å². The fraction of sp³-hybridized carbons (Fsp3) is 0.357. The Morgan fingerprint density at radius 3 is 2.55 bits per heavy atom. The lowest BCUT2D eigenvalue weighted by molar-refractivity contribution is 0.567. The lowest BCUT2D eigenvalue weighted by atomic mass is 10.1. The zero-order valence-electron chi connectivity index (χ0n) is 11.0. The largest absolute Gasteiger partial charge is 0.353 e. The molecule has 0 saturated carbocycles. The van der Waals surface area contributed by atoms with E-state index in [-0.39, 0.29) is 11.4 Å². The van der Waals surface area contributed by atoms with Gasteiger partial charge in [-0.05, 0) is 31.4 Å².